The van der Waals surface area contributed by atoms with Crippen molar-refractivity contribution in [3.8, 4) is 0 Å². The lowest BCUT2D eigenvalue weighted by molar-refractivity contribution is 0.568. The number of aryl methyl sites for hydroxylation is 1. The van der Waals surface area contributed by atoms with Crippen molar-refractivity contribution in [1.29, 1.82) is 0 Å². The summed E-state index contributed by atoms with van der Waals surface area (Å²) in [5.41, 5.74) is 4.45. The minimum atomic E-state index is -1.04. The Balaban J connectivity index is 1.73. The topological polar surface area (TPSA) is 46.9 Å². The predicted octanol–water partition coefficient (Wildman–Crippen LogP) is 4.72. The van der Waals surface area contributed by atoms with Gasteiger partial charge >= 0.3 is 5.56 Å². The van der Waals surface area contributed by atoms with E-state index in [1.807, 2.05) is 13.0 Å². The lowest BCUT2D eigenvalue weighted by atomic mass is 10.0. The van der Waals surface area contributed by atoms with Gasteiger partial charge in [-0.2, -0.15) is 9.37 Å². The molecule has 0 aliphatic heterocycles. The van der Waals surface area contributed by atoms with Crippen molar-refractivity contribution in [3.63, 3.8) is 0 Å². The Kier molecular flexibility index (Phi) is 4.74. The van der Waals surface area contributed by atoms with E-state index in [2.05, 4.69) is 29.4 Å². The maximum atomic E-state index is 13.9. The number of aromatic nitrogens is 2. The zero-order chi connectivity index (χ0) is 20.7. The van der Waals surface area contributed by atoms with Crippen molar-refractivity contribution in [3.05, 3.63) is 92.2 Å². The number of nitrogens with zero attached hydrogens (tertiary/aromatic N) is 2. The molecule has 3 aromatic rings. The molecule has 7 heteroatoms. The molecule has 4 nitrogen and oxygen atoms in total. The van der Waals surface area contributed by atoms with Crippen LogP contribution in [-0.4, -0.2) is 9.55 Å². The standard InChI is InChI=1S/C22H18F3N3O/c1-12-3-15-5-13(2)20(8-16(15)4-12)26-22-27-21(29)19(25)11-28(22)10-14-6-17(23)9-18(24)7-14/h4-9,11H,3,10H2,1-2H3,(H,26,27,29). The highest BCUT2D eigenvalue weighted by Crippen LogP contribution is 2.31. The van der Waals surface area contributed by atoms with Crippen LogP contribution >= 0.6 is 0 Å². The van der Waals surface area contributed by atoms with E-state index in [0.717, 1.165) is 41.9 Å². The Morgan fingerprint density at radius 2 is 1.79 bits per heavy atom. The lowest BCUT2D eigenvalue weighted by Crippen LogP contribution is -2.20. The van der Waals surface area contributed by atoms with E-state index in [1.165, 1.54) is 15.7 Å². The molecule has 1 aliphatic carbocycles. The fourth-order valence-electron chi connectivity index (χ4n) is 3.53. The summed E-state index contributed by atoms with van der Waals surface area (Å²) in [6.07, 6.45) is 3.95. The van der Waals surface area contributed by atoms with Gasteiger partial charge in [0.25, 0.3) is 0 Å². The molecule has 29 heavy (non-hydrogen) atoms. The molecular formula is C22H18F3N3O. The molecule has 0 unspecified atom stereocenters. The van der Waals surface area contributed by atoms with Crippen molar-refractivity contribution >= 4 is 17.7 Å². The Labute approximate surface area is 165 Å². The van der Waals surface area contributed by atoms with Crippen molar-refractivity contribution in [2.24, 2.45) is 0 Å². The minimum Gasteiger partial charge on any atom is -0.325 e. The normalized spacial score (nSPS) is 12.7. The van der Waals surface area contributed by atoms with Gasteiger partial charge in [-0.3, -0.25) is 4.79 Å². The molecule has 1 aliphatic rings. The predicted molar refractivity (Wildman–Crippen MR) is 106 cm³/mol. The third kappa shape index (κ3) is 3.94. The highest BCUT2D eigenvalue weighted by atomic mass is 19.1. The molecule has 0 saturated heterocycles. The number of rotatable bonds is 4. The van der Waals surface area contributed by atoms with Crippen LogP contribution in [0.15, 0.2) is 46.9 Å². The van der Waals surface area contributed by atoms with Gasteiger partial charge in [0.2, 0.25) is 11.8 Å². The minimum absolute atomic E-state index is 0.0653. The van der Waals surface area contributed by atoms with Gasteiger partial charge in [-0.1, -0.05) is 17.7 Å². The first-order valence-corrected chi connectivity index (χ1v) is 9.08. The molecule has 2 aromatic carbocycles. The Hall–Kier alpha value is -3.35. The van der Waals surface area contributed by atoms with Crippen LogP contribution < -0.4 is 10.9 Å². The first-order valence-electron chi connectivity index (χ1n) is 9.08. The van der Waals surface area contributed by atoms with Gasteiger partial charge in [0, 0.05) is 18.0 Å². The highest BCUT2D eigenvalue weighted by molar-refractivity contribution is 5.71. The summed E-state index contributed by atoms with van der Waals surface area (Å²) in [5, 5.41) is 3.07. The van der Waals surface area contributed by atoms with Gasteiger partial charge in [0.05, 0.1) is 6.54 Å². The number of fused-ring (bicyclic) bond motifs is 1. The van der Waals surface area contributed by atoms with Gasteiger partial charge in [0.15, 0.2) is 0 Å². The molecule has 1 heterocycles. The van der Waals surface area contributed by atoms with Gasteiger partial charge in [0.1, 0.15) is 11.6 Å². The zero-order valence-corrected chi connectivity index (χ0v) is 15.9. The van der Waals surface area contributed by atoms with E-state index in [-0.39, 0.29) is 18.1 Å². The number of anilines is 2. The second-order valence-corrected chi connectivity index (χ2v) is 7.28. The van der Waals surface area contributed by atoms with Crippen LogP contribution in [-0.2, 0) is 13.0 Å². The molecule has 0 amide bonds. The van der Waals surface area contributed by atoms with Gasteiger partial charge in [-0.05, 0) is 60.7 Å². The Morgan fingerprint density at radius 1 is 1.07 bits per heavy atom. The molecule has 0 spiro atoms. The molecule has 148 valence electrons. The summed E-state index contributed by atoms with van der Waals surface area (Å²) >= 11 is 0. The number of nitrogens with one attached hydrogen (secondary N) is 1. The van der Waals surface area contributed by atoms with Crippen molar-refractivity contribution in [2.75, 3.05) is 5.32 Å². The van der Waals surface area contributed by atoms with E-state index in [4.69, 9.17) is 0 Å². The summed E-state index contributed by atoms with van der Waals surface area (Å²) < 4.78 is 42.2. The molecule has 0 atom stereocenters. The van der Waals surface area contributed by atoms with E-state index in [0.29, 0.717) is 5.69 Å². The van der Waals surface area contributed by atoms with Crippen molar-refractivity contribution in [2.45, 2.75) is 26.8 Å². The van der Waals surface area contributed by atoms with Crippen molar-refractivity contribution < 1.29 is 13.2 Å². The van der Waals surface area contributed by atoms with Crippen LogP contribution in [0.3, 0.4) is 0 Å². The molecule has 0 fully saturated rings. The Morgan fingerprint density at radius 3 is 2.52 bits per heavy atom. The first kappa shape index (κ1) is 19.0. The summed E-state index contributed by atoms with van der Waals surface area (Å²) in [5.74, 6) is -2.43. The summed E-state index contributed by atoms with van der Waals surface area (Å²) in [6.45, 7) is 3.91. The summed E-state index contributed by atoms with van der Waals surface area (Å²) in [7, 11) is 0. The molecule has 0 radical (unpaired) electrons. The monoisotopic (exact) mass is 397 g/mol. The average molecular weight is 397 g/mol. The average Bonchev–Trinajstić information content (AvgIpc) is 2.97. The molecule has 0 saturated carbocycles. The molecule has 1 aromatic heterocycles. The number of allylic oxidation sites excluding steroid dienone is 1. The fraction of sp³-hybridized carbons (Fsp3) is 0.182. The number of benzene rings is 2. The van der Waals surface area contributed by atoms with Gasteiger partial charge in [-0.15, -0.1) is 0 Å². The largest absolute Gasteiger partial charge is 0.325 e. The molecular weight excluding hydrogens is 379 g/mol. The number of hydrogen-bond donors (Lipinski definition) is 1. The second-order valence-electron chi connectivity index (χ2n) is 7.28. The zero-order valence-electron chi connectivity index (χ0n) is 15.9. The quantitative estimate of drug-likeness (QED) is 0.693. The van der Waals surface area contributed by atoms with Gasteiger partial charge < -0.3 is 9.88 Å². The SMILES string of the molecule is CC1=Cc2cc(Nc3nc(=O)c(F)cn3Cc3cc(F)cc(F)c3)c(C)cc2C1. The lowest BCUT2D eigenvalue weighted by Gasteiger charge is -2.16. The fourth-order valence-corrected chi connectivity index (χ4v) is 3.53. The van der Waals surface area contributed by atoms with E-state index in [9.17, 15) is 18.0 Å². The van der Waals surface area contributed by atoms with Crippen LogP contribution in [0.25, 0.3) is 6.08 Å². The number of halogens is 3. The van der Waals surface area contributed by atoms with Crippen LogP contribution in [0, 0.1) is 24.4 Å². The Bertz CT molecular complexity index is 1190. The van der Waals surface area contributed by atoms with Crippen LogP contribution in [0.1, 0.15) is 29.2 Å². The molecule has 4 rings (SSSR count). The first-order chi connectivity index (χ1) is 13.8. The van der Waals surface area contributed by atoms with Crippen molar-refractivity contribution in [1.82, 2.24) is 9.55 Å². The third-order valence-corrected chi connectivity index (χ3v) is 4.83. The highest BCUT2D eigenvalue weighted by Gasteiger charge is 2.15. The van der Waals surface area contributed by atoms with E-state index >= 15 is 0 Å². The van der Waals surface area contributed by atoms with E-state index < -0.39 is 23.0 Å². The summed E-state index contributed by atoms with van der Waals surface area (Å²) in [4.78, 5) is 15.6. The molecule has 0 bridgehead atoms. The number of hydrogen-bond acceptors (Lipinski definition) is 3. The van der Waals surface area contributed by atoms with Crippen LogP contribution in [0.2, 0.25) is 0 Å². The van der Waals surface area contributed by atoms with Crippen LogP contribution in [0.4, 0.5) is 24.8 Å². The summed E-state index contributed by atoms with van der Waals surface area (Å²) in [6, 6.07) is 7.06. The smallest absolute Gasteiger partial charge is 0.310 e. The van der Waals surface area contributed by atoms with Gasteiger partial charge in [-0.25, -0.2) is 8.78 Å². The maximum absolute atomic E-state index is 13.9. The third-order valence-electron chi connectivity index (χ3n) is 4.83. The maximum Gasteiger partial charge on any atom is 0.310 e. The van der Waals surface area contributed by atoms with E-state index in [1.54, 1.807) is 0 Å². The molecule has 1 N–H and O–H groups in total. The van der Waals surface area contributed by atoms with Crippen LogP contribution in [0.5, 0.6) is 0 Å². The second kappa shape index (κ2) is 7.24.